The van der Waals surface area contributed by atoms with Gasteiger partial charge in [-0.1, -0.05) is 0 Å². The summed E-state index contributed by atoms with van der Waals surface area (Å²) >= 11 is 0. The summed E-state index contributed by atoms with van der Waals surface area (Å²) < 4.78 is 28.6. The third-order valence-corrected chi connectivity index (χ3v) is 4.67. The molecule has 0 atom stereocenters. The zero-order valence-electron chi connectivity index (χ0n) is 17.9. The van der Waals surface area contributed by atoms with E-state index < -0.39 is 17.5 Å². The molecule has 2 aromatic carbocycles. The topological polar surface area (TPSA) is 84.7 Å². The Morgan fingerprint density at radius 2 is 1.70 bits per heavy atom. The zero-order valence-corrected chi connectivity index (χ0v) is 17.9. The molecule has 0 saturated heterocycles. The minimum atomic E-state index is -0.609. The van der Waals surface area contributed by atoms with Crippen LogP contribution in [0.5, 0.6) is 0 Å². The van der Waals surface area contributed by atoms with Crippen LogP contribution in [-0.4, -0.2) is 25.9 Å². The maximum absolute atomic E-state index is 13.6. The average molecular weight is 446 g/mol. The Hall–Kier alpha value is -4.40. The Morgan fingerprint density at radius 3 is 2.36 bits per heavy atom. The van der Waals surface area contributed by atoms with Crippen LogP contribution in [0.2, 0.25) is 0 Å². The molecule has 0 aliphatic carbocycles. The quantitative estimate of drug-likeness (QED) is 0.409. The van der Waals surface area contributed by atoms with E-state index in [-0.39, 0.29) is 5.56 Å². The Morgan fingerprint density at radius 1 is 0.939 bits per heavy atom. The second-order valence-electron chi connectivity index (χ2n) is 7.31. The normalized spacial score (nSPS) is 11.0. The van der Waals surface area contributed by atoms with Crippen LogP contribution in [0.4, 0.5) is 26.0 Å². The molecule has 0 unspecified atom stereocenters. The highest BCUT2D eigenvalue weighted by atomic mass is 19.1. The predicted molar refractivity (Wildman–Crippen MR) is 122 cm³/mol. The first kappa shape index (κ1) is 21.8. The molecular weight excluding hydrogens is 426 g/mol. The molecule has 7 nitrogen and oxygen atoms in total. The van der Waals surface area contributed by atoms with Crippen LogP contribution in [0.1, 0.15) is 17.0 Å². The van der Waals surface area contributed by atoms with Gasteiger partial charge in [0.25, 0.3) is 0 Å². The number of carbonyl (C=O) groups excluding carboxylic acids is 1. The number of carbonyl (C=O) groups is 1. The fourth-order valence-corrected chi connectivity index (χ4v) is 3.14. The van der Waals surface area contributed by atoms with E-state index in [9.17, 15) is 13.6 Å². The van der Waals surface area contributed by atoms with Crippen molar-refractivity contribution in [2.75, 3.05) is 10.6 Å². The number of nitrogens with one attached hydrogen (secondary N) is 2. The van der Waals surface area contributed by atoms with E-state index in [0.717, 1.165) is 41.4 Å². The lowest BCUT2D eigenvalue weighted by Gasteiger charge is -2.08. The fraction of sp³-hybridized carbons (Fsp3) is 0.0833. The molecule has 33 heavy (non-hydrogen) atoms. The third kappa shape index (κ3) is 5.45. The summed E-state index contributed by atoms with van der Waals surface area (Å²) in [6, 6.07) is 15.6. The summed E-state index contributed by atoms with van der Waals surface area (Å²) in [5.74, 6) is -0.482. The van der Waals surface area contributed by atoms with Crippen molar-refractivity contribution in [1.29, 1.82) is 0 Å². The number of hydrogen-bond donors (Lipinski definition) is 2. The van der Waals surface area contributed by atoms with Crippen molar-refractivity contribution < 1.29 is 13.6 Å². The van der Waals surface area contributed by atoms with Crippen LogP contribution < -0.4 is 10.6 Å². The molecule has 2 N–H and O–H groups in total. The predicted octanol–water partition coefficient (Wildman–Crippen LogP) is 4.95. The number of halogens is 2. The van der Waals surface area contributed by atoms with Gasteiger partial charge in [-0.15, -0.1) is 10.2 Å². The molecular formula is C24H20F2N6O. The van der Waals surface area contributed by atoms with Gasteiger partial charge in [-0.2, -0.15) is 5.10 Å². The first-order chi connectivity index (χ1) is 15.9. The second kappa shape index (κ2) is 9.39. The number of amides is 1. The van der Waals surface area contributed by atoms with Crippen LogP contribution >= 0.6 is 0 Å². The van der Waals surface area contributed by atoms with E-state index in [2.05, 4.69) is 25.9 Å². The molecule has 0 bridgehead atoms. The van der Waals surface area contributed by atoms with Crippen molar-refractivity contribution >= 4 is 29.2 Å². The molecule has 4 rings (SSSR count). The average Bonchev–Trinajstić information content (AvgIpc) is 3.14. The van der Waals surface area contributed by atoms with Gasteiger partial charge in [0.2, 0.25) is 5.91 Å². The van der Waals surface area contributed by atoms with Crippen molar-refractivity contribution in [2.45, 2.75) is 13.8 Å². The van der Waals surface area contributed by atoms with Crippen molar-refractivity contribution in [1.82, 2.24) is 20.0 Å². The number of aromatic nitrogens is 4. The lowest BCUT2D eigenvalue weighted by Crippen LogP contribution is -2.08. The van der Waals surface area contributed by atoms with E-state index in [1.807, 2.05) is 26.0 Å². The lowest BCUT2D eigenvalue weighted by molar-refractivity contribution is -0.111. The number of nitrogens with zero attached hydrogens (tertiary/aromatic N) is 4. The van der Waals surface area contributed by atoms with Crippen LogP contribution in [0.3, 0.4) is 0 Å². The number of hydrogen-bond acceptors (Lipinski definition) is 5. The van der Waals surface area contributed by atoms with Crippen molar-refractivity contribution in [3.8, 4) is 5.82 Å². The maximum atomic E-state index is 13.6. The van der Waals surface area contributed by atoms with Crippen LogP contribution in [0.15, 0.2) is 66.7 Å². The molecule has 0 radical (unpaired) electrons. The lowest BCUT2D eigenvalue weighted by atomic mass is 10.2. The second-order valence-corrected chi connectivity index (χ2v) is 7.31. The van der Waals surface area contributed by atoms with Gasteiger partial charge in [-0.05, 0) is 80.6 Å². The summed E-state index contributed by atoms with van der Waals surface area (Å²) in [4.78, 5) is 12.1. The maximum Gasteiger partial charge on any atom is 0.248 e. The Bertz CT molecular complexity index is 1310. The minimum Gasteiger partial charge on any atom is -0.339 e. The molecule has 0 aliphatic heterocycles. The summed E-state index contributed by atoms with van der Waals surface area (Å²) in [5, 5.41) is 18.6. The molecule has 1 amide bonds. The number of anilines is 3. The van der Waals surface area contributed by atoms with Crippen LogP contribution in [0.25, 0.3) is 11.9 Å². The Kier molecular flexibility index (Phi) is 6.21. The van der Waals surface area contributed by atoms with E-state index >= 15 is 0 Å². The number of benzene rings is 2. The largest absolute Gasteiger partial charge is 0.339 e. The molecule has 4 aromatic rings. The van der Waals surface area contributed by atoms with Crippen molar-refractivity contribution in [3.05, 3.63) is 95.3 Å². The van der Waals surface area contributed by atoms with Gasteiger partial charge in [0, 0.05) is 28.7 Å². The number of aryl methyl sites for hydroxylation is 2. The van der Waals surface area contributed by atoms with E-state index in [4.69, 9.17) is 0 Å². The molecule has 166 valence electrons. The van der Waals surface area contributed by atoms with Gasteiger partial charge in [-0.25, -0.2) is 13.5 Å². The minimum absolute atomic E-state index is 0.00493. The van der Waals surface area contributed by atoms with Gasteiger partial charge < -0.3 is 10.6 Å². The van der Waals surface area contributed by atoms with Crippen molar-refractivity contribution in [3.63, 3.8) is 0 Å². The first-order valence-electron chi connectivity index (χ1n) is 10.1. The smallest absolute Gasteiger partial charge is 0.248 e. The van der Waals surface area contributed by atoms with E-state index in [0.29, 0.717) is 17.3 Å². The third-order valence-electron chi connectivity index (χ3n) is 4.67. The van der Waals surface area contributed by atoms with Crippen molar-refractivity contribution in [2.24, 2.45) is 0 Å². The summed E-state index contributed by atoms with van der Waals surface area (Å²) in [6.45, 7) is 3.86. The SMILES string of the molecule is Cc1cc(C)n(-c2ccc(Nc3ccc(NC(=O)/C=C/c4cc(F)ccc4F)cc3)nn2)n1. The molecule has 0 spiro atoms. The highest BCUT2D eigenvalue weighted by molar-refractivity contribution is 6.02. The van der Waals surface area contributed by atoms with E-state index in [1.54, 1.807) is 35.0 Å². The molecule has 9 heteroatoms. The Balaban J connectivity index is 1.36. The molecule has 2 aromatic heterocycles. The zero-order chi connectivity index (χ0) is 23.4. The fourth-order valence-electron chi connectivity index (χ4n) is 3.14. The molecule has 0 aliphatic rings. The van der Waals surface area contributed by atoms with Crippen LogP contribution in [0, 0.1) is 25.5 Å². The van der Waals surface area contributed by atoms with Gasteiger partial charge in [0.05, 0.1) is 5.69 Å². The summed E-state index contributed by atoms with van der Waals surface area (Å²) in [5.41, 5.74) is 3.16. The van der Waals surface area contributed by atoms with Gasteiger partial charge in [0.15, 0.2) is 11.6 Å². The standard InChI is InChI=1S/C24H20F2N6O/c1-15-13-16(2)32(31-15)23-11-10-22(29-30-23)27-19-5-7-20(8-6-19)28-24(33)12-3-17-14-18(25)4-9-21(17)26/h3-14H,1-2H3,(H,27,29)(H,28,33)/b12-3+. The molecule has 0 fully saturated rings. The molecule has 0 saturated carbocycles. The van der Waals surface area contributed by atoms with Gasteiger partial charge >= 0.3 is 0 Å². The monoisotopic (exact) mass is 446 g/mol. The van der Waals surface area contributed by atoms with Gasteiger partial charge in [0.1, 0.15) is 11.6 Å². The van der Waals surface area contributed by atoms with Gasteiger partial charge in [-0.3, -0.25) is 4.79 Å². The highest BCUT2D eigenvalue weighted by Crippen LogP contribution is 2.18. The first-order valence-corrected chi connectivity index (χ1v) is 10.1. The summed E-state index contributed by atoms with van der Waals surface area (Å²) in [6.07, 6.45) is 2.36. The van der Waals surface area contributed by atoms with E-state index in [1.165, 1.54) is 6.08 Å². The highest BCUT2D eigenvalue weighted by Gasteiger charge is 2.07. The molecule has 2 heterocycles. The van der Waals surface area contributed by atoms with Crippen LogP contribution in [-0.2, 0) is 4.79 Å². The number of rotatable bonds is 6. The Labute approximate surface area is 188 Å². The summed E-state index contributed by atoms with van der Waals surface area (Å²) in [7, 11) is 0.